The summed E-state index contributed by atoms with van der Waals surface area (Å²) in [5.74, 6) is 3.74. The number of carbonyl (C=O) groups excluding carboxylic acids is 2. The van der Waals surface area contributed by atoms with Crippen molar-refractivity contribution in [3.05, 3.63) is 192 Å². The van der Waals surface area contributed by atoms with Gasteiger partial charge in [-0.05, 0) is 125 Å². The molecule has 3 aliphatic rings. The zero-order valence-electron chi connectivity index (χ0n) is 42.8. The third-order valence-corrected chi connectivity index (χ3v) is 15.5. The molecule has 0 radical (unpaired) electrons. The van der Waals surface area contributed by atoms with Crippen molar-refractivity contribution in [2.75, 3.05) is 47.5 Å². The first-order valence-electron chi connectivity index (χ1n) is 26.3. The van der Waals surface area contributed by atoms with Gasteiger partial charge < -0.3 is 33.0 Å². The second-order valence-corrected chi connectivity index (χ2v) is 19.9. The van der Waals surface area contributed by atoms with Crippen LogP contribution in [0.1, 0.15) is 94.7 Å². The van der Waals surface area contributed by atoms with Gasteiger partial charge in [-0.1, -0.05) is 103 Å². The highest BCUT2D eigenvalue weighted by atomic mass is 19.1. The lowest BCUT2D eigenvalue weighted by Gasteiger charge is -2.39. The lowest BCUT2D eigenvalue weighted by atomic mass is 9.89. The Morgan fingerprint density at radius 3 is 1.54 bits per heavy atom. The van der Waals surface area contributed by atoms with E-state index in [-0.39, 0.29) is 23.5 Å². The van der Waals surface area contributed by atoms with Gasteiger partial charge in [0.2, 0.25) is 0 Å². The number of hydrogen-bond donors (Lipinski definition) is 0. The second kappa shape index (κ2) is 23.3. The maximum absolute atomic E-state index is 13.4. The van der Waals surface area contributed by atoms with Crippen molar-refractivity contribution in [1.82, 2.24) is 18.9 Å². The van der Waals surface area contributed by atoms with Gasteiger partial charge >= 0.3 is 0 Å². The molecule has 0 spiro atoms. The van der Waals surface area contributed by atoms with Gasteiger partial charge in [0.25, 0.3) is 0 Å². The van der Waals surface area contributed by atoms with E-state index < -0.39 is 0 Å². The van der Waals surface area contributed by atoms with E-state index in [2.05, 4.69) is 37.1 Å². The van der Waals surface area contributed by atoms with Gasteiger partial charge in [0.1, 0.15) is 34.9 Å². The van der Waals surface area contributed by atoms with Crippen molar-refractivity contribution in [2.24, 2.45) is 0 Å². The third kappa shape index (κ3) is 11.0. The summed E-state index contributed by atoms with van der Waals surface area (Å²) in [4.78, 5) is 31.9. The predicted molar refractivity (Wildman–Crippen MR) is 291 cm³/mol. The lowest BCUT2D eigenvalue weighted by molar-refractivity contribution is 0.0481. The van der Waals surface area contributed by atoms with Crippen molar-refractivity contribution in [3.8, 4) is 23.0 Å². The molecule has 3 saturated heterocycles. The van der Waals surface area contributed by atoms with E-state index in [1.54, 1.807) is 33.5 Å². The zero-order valence-corrected chi connectivity index (χ0v) is 42.8. The van der Waals surface area contributed by atoms with Gasteiger partial charge in [-0.25, -0.2) is 4.39 Å². The lowest BCUT2D eigenvalue weighted by Crippen LogP contribution is -2.46. The number of hydrogen-bond acceptors (Lipinski definition) is 8. The molecule has 382 valence electrons. The van der Waals surface area contributed by atoms with Crippen LogP contribution in [0.4, 0.5) is 4.39 Å². The molecule has 3 aliphatic heterocycles. The number of piperidine rings is 2. The quantitative estimate of drug-likeness (QED) is 0.0786. The van der Waals surface area contributed by atoms with Crippen LogP contribution in [-0.4, -0.2) is 96.2 Å². The molecule has 2 unspecified atom stereocenters. The highest BCUT2D eigenvalue weighted by Gasteiger charge is 2.41. The van der Waals surface area contributed by atoms with Crippen molar-refractivity contribution >= 4 is 33.4 Å². The first-order valence-corrected chi connectivity index (χ1v) is 26.3. The highest BCUT2D eigenvalue weighted by Crippen LogP contribution is 2.39. The number of rotatable bonds is 18. The topological polar surface area (TPSA) is 87.4 Å². The van der Waals surface area contributed by atoms with Crippen LogP contribution in [0.5, 0.6) is 23.0 Å². The number of para-hydroxylation sites is 3. The minimum atomic E-state index is -0.239. The van der Waals surface area contributed by atoms with E-state index in [9.17, 15) is 14.0 Å². The summed E-state index contributed by atoms with van der Waals surface area (Å²) in [6, 6.07) is 46.6. The number of halogens is 1. The summed E-state index contributed by atoms with van der Waals surface area (Å²) in [7, 11) is 5.13. The molecule has 2 aromatic heterocycles. The van der Waals surface area contributed by atoms with E-state index >= 15 is 0 Å². The number of ether oxygens (including phenoxy) is 4. The minimum Gasteiger partial charge on any atom is -0.496 e. The Morgan fingerprint density at radius 1 is 0.527 bits per heavy atom. The molecular weight excluding hydrogens is 928 g/mol. The van der Waals surface area contributed by atoms with Crippen LogP contribution < -0.4 is 18.9 Å². The highest BCUT2D eigenvalue weighted by molar-refractivity contribution is 6.18. The van der Waals surface area contributed by atoms with Crippen molar-refractivity contribution in [1.29, 1.82) is 0 Å². The number of fused-ring (bicyclic) bond motifs is 4. The second-order valence-electron chi connectivity index (χ2n) is 19.9. The van der Waals surface area contributed by atoms with Gasteiger partial charge in [-0.15, -0.1) is 0 Å². The Labute approximate surface area is 434 Å². The summed E-state index contributed by atoms with van der Waals surface area (Å²) in [6.07, 6.45) is 12.9. The van der Waals surface area contributed by atoms with E-state index in [0.717, 1.165) is 128 Å². The van der Waals surface area contributed by atoms with Gasteiger partial charge in [0.05, 0.1) is 32.4 Å². The van der Waals surface area contributed by atoms with Crippen LogP contribution in [0.25, 0.3) is 21.8 Å². The monoisotopic (exact) mass is 995 g/mol. The molecule has 2 atom stereocenters. The van der Waals surface area contributed by atoms with Crippen LogP contribution in [0, 0.1) is 5.82 Å². The number of benzene rings is 6. The largest absolute Gasteiger partial charge is 0.496 e. The average Bonchev–Trinajstić information content (AvgIpc) is 4.09. The Kier molecular flexibility index (Phi) is 15.9. The molecule has 0 aliphatic carbocycles. The number of ketones is 2. The van der Waals surface area contributed by atoms with E-state index in [0.29, 0.717) is 34.7 Å². The predicted octanol–water partition coefficient (Wildman–Crippen LogP) is 12.6. The maximum Gasteiger partial charge on any atom is 0.195 e. The summed E-state index contributed by atoms with van der Waals surface area (Å²) in [5, 5.41) is 1.87. The summed E-state index contributed by atoms with van der Waals surface area (Å²) in [6.45, 7) is 5.88. The van der Waals surface area contributed by atoms with Crippen molar-refractivity contribution in [2.45, 2.75) is 88.6 Å². The molecule has 0 N–H and O–H groups in total. The Morgan fingerprint density at radius 2 is 1.01 bits per heavy atom. The average molecular weight is 995 g/mol. The van der Waals surface area contributed by atoms with Gasteiger partial charge in [0.15, 0.2) is 11.6 Å². The normalized spacial score (nSPS) is 18.0. The van der Waals surface area contributed by atoms with Crippen LogP contribution >= 0.6 is 0 Å². The van der Waals surface area contributed by atoms with Crippen LogP contribution in [-0.2, 0) is 13.1 Å². The van der Waals surface area contributed by atoms with E-state index in [4.69, 9.17) is 18.9 Å². The smallest absolute Gasteiger partial charge is 0.195 e. The number of methoxy groups -OCH3 is 3. The standard InChI is InChI=1S/C32H33FN2O3.C31H34N2O3/c1-37-30-10-5-9-28-29(32(36)22-7-3-2-4-8-22)21-34(31(28)30)17-6-18-35-24-13-14-25(35)20-27(19-24)38-26-15-11-23(33)12-16-26;1-35-28-14-7-6-12-25(28)23-16-20-32(21-17-23)18-9-19-33-22-27(31(34)24-10-4-3-5-11-24)26-13-8-15-29(36-2)30(26)33/h2-5,7-12,15-16,21,24-25,27H,6,13-14,17-20H2,1H3;3-8,10-15,22-23H,9,16-21H2,1-2H3. The molecule has 0 saturated carbocycles. The Hall–Kier alpha value is -7.21. The molecule has 0 amide bonds. The molecule has 6 aromatic carbocycles. The van der Waals surface area contributed by atoms with Crippen LogP contribution in [0.15, 0.2) is 158 Å². The fraction of sp³-hybridized carbons (Fsp3) is 0.333. The summed E-state index contributed by atoms with van der Waals surface area (Å²) >= 11 is 0. The minimum absolute atomic E-state index is 0.0314. The summed E-state index contributed by atoms with van der Waals surface area (Å²) in [5.41, 5.74) is 6.14. The molecule has 10 nitrogen and oxygen atoms in total. The molecule has 74 heavy (non-hydrogen) atoms. The zero-order chi connectivity index (χ0) is 51.0. The number of likely N-dealkylation sites (tertiary alicyclic amines) is 1. The Balaban J connectivity index is 0.000000170. The molecule has 2 bridgehead atoms. The number of aryl methyl sites for hydroxylation is 2. The van der Waals surface area contributed by atoms with Crippen molar-refractivity contribution < 1.29 is 32.9 Å². The molecule has 5 heterocycles. The van der Waals surface area contributed by atoms with Gasteiger partial charge in [0, 0.05) is 77.1 Å². The Bertz CT molecular complexity index is 3150. The molecule has 11 rings (SSSR count). The number of nitrogens with zero attached hydrogens (tertiary/aromatic N) is 4. The first kappa shape index (κ1) is 50.3. The van der Waals surface area contributed by atoms with Gasteiger partial charge in [-0.2, -0.15) is 0 Å². The maximum atomic E-state index is 13.4. The van der Waals surface area contributed by atoms with Gasteiger partial charge in [-0.3, -0.25) is 14.5 Å². The van der Waals surface area contributed by atoms with E-state index in [1.165, 1.54) is 30.5 Å². The molecule has 11 heteroatoms. The number of aromatic nitrogens is 2. The molecule has 3 fully saturated rings. The fourth-order valence-corrected chi connectivity index (χ4v) is 11.9. The van der Waals surface area contributed by atoms with Crippen molar-refractivity contribution in [3.63, 3.8) is 0 Å². The van der Waals surface area contributed by atoms with Crippen LogP contribution in [0.2, 0.25) is 0 Å². The SMILES string of the molecule is COc1cccc2c(C(=O)c3ccccc3)cn(CCCN3C4CCC3CC(Oc3ccc(F)cc3)C4)c12.COc1ccccc1C1CCN(CCCn2cc(C(=O)c3ccccc3)c3cccc(OC)c32)CC1. The van der Waals surface area contributed by atoms with Crippen LogP contribution in [0.3, 0.4) is 0 Å². The summed E-state index contributed by atoms with van der Waals surface area (Å²) < 4.78 is 40.8. The fourth-order valence-electron chi connectivity index (χ4n) is 11.9. The molecule has 8 aromatic rings. The molecular formula is C63H67FN4O6. The van der Waals surface area contributed by atoms with E-state index in [1.807, 2.05) is 116 Å². The first-order chi connectivity index (χ1) is 36.3. The third-order valence-electron chi connectivity index (χ3n) is 15.5. The number of carbonyl (C=O) groups is 2.